The number of piperidine rings is 1. The zero-order valence-electron chi connectivity index (χ0n) is 14.0. The molecule has 5 heteroatoms. The van der Waals surface area contributed by atoms with Gasteiger partial charge in [-0.1, -0.05) is 13.8 Å². The minimum Gasteiger partial charge on any atom is -0.352 e. The van der Waals surface area contributed by atoms with Crippen LogP contribution in [0.15, 0.2) is 24.3 Å². The minimum atomic E-state index is -0.0627. The van der Waals surface area contributed by atoms with Crippen LogP contribution in [0.25, 0.3) is 0 Å². The smallest absolute Gasteiger partial charge is 0.251 e. The molecule has 1 heterocycles. The first-order valence-electron chi connectivity index (χ1n) is 8.46. The van der Waals surface area contributed by atoms with Gasteiger partial charge in [0.05, 0.1) is 0 Å². The third-order valence-electron chi connectivity index (χ3n) is 4.18. The van der Waals surface area contributed by atoms with E-state index in [0.29, 0.717) is 23.7 Å². The molecular weight excluding hydrogens is 290 g/mol. The molecule has 1 atom stereocenters. The number of carbonyl (C=O) groups excluding carboxylic acids is 2. The summed E-state index contributed by atoms with van der Waals surface area (Å²) in [4.78, 5) is 23.7. The summed E-state index contributed by atoms with van der Waals surface area (Å²) in [6.45, 7) is 6.57. The summed E-state index contributed by atoms with van der Waals surface area (Å²) in [7, 11) is 0. The maximum Gasteiger partial charge on any atom is 0.251 e. The second kappa shape index (κ2) is 8.67. The van der Waals surface area contributed by atoms with Crippen molar-refractivity contribution in [1.29, 1.82) is 0 Å². The fourth-order valence-corrected chi connectivity index (χ4v) is 2.65. The SMILES string of the molecule is CC(C)C(=O)Nc1ccc(C(=O)NCCC2CCCNC2)cc1. The standard InChI is InChI=1S/C18H27N3O2/c1-13(2)17(22)21-16-7-5-15(6-8-16)18(23)20-11-9-14-4-3-10-19-12-14/h5-8,13-14,19H,3-4,9-12H2,1-2H3,(H,20,23)(H,21,22). The van der Waals surface area contributed by atoms with Crippen LogP contribution in [-0.4, -0.2) is 31.4 Å². The van der Waals surface area contributed by atoms with Crippen LogP contribution < -0.4 is 16.0 Å². The van der Waals surface area contributed by atoms with Gasteiger partial charge < -0.3 is 16.0 Å². The molecule has 1 aliphatic rings. The maximum atomic E-state index is 12.1. The first-order chi connectivity index (χ1) is 11.1. The van der Waals surface area contributed by atoms with Crippen LogP contribution in [0.4, 0.5) is 5.69 Å². The maximum absolute atomic E-state index is 12.1. The average molecular weight is 317 g/mol. The Morgan fingerprint density at radius 2 is 2.00 bits per heavy atom. The minimum absolute atomic E-state index is 0.0247. The molecule has 1 aromatic rings. The molecule has 2 amide bonds. The van der Waals surface area contributed by atoms with Crippen LogP contribution in [0, 0.1) is 11.8 Å². The third-order valence-corrected chi connectivity index (χ3v) is 4.18. The van der Waals surface area contributed by atoms with Gasteiger partial charge in [-0.2, -0.15) is 0 Å². The van der Waals surface area contributed by atoms with E-state index in [1.807, 2.05) is 13.8 Å². The van der Waals surface area contributed by atoms with Gasteiger partial charge in [-0.15, -0.1) is 0 Å². The first kappa shape index (κ1) is 17.5. The molecule has 0 aromatic heterocycles. The van der Waals surface area contributed by atoms with E-state index in [9.17, 15) is 9.59 Å². The summed E-state index contributed by atoms with van der Waals surface area (Å²) in [6, 6.07) is 7.02. The van der Waals surface area contributed by atoms with E-state index in [0.717, 1.165) is 19.5 Å². The molecule has 126 valence electrons. The van der Waals surface area contributed by atoms with Crippen molar-refractivity contribution in [2.24, 2.45) is 11.8 Å². The highest BCUT2D eigenvalue weighted by molar-refractivity contribution is 5.96. The number of anilines is 1. The van der Waals surface area contributed by atoms with E-state index in [-0.39, 0.29) is 17.7 Å². The van der Waals surface area contributed by atoms with Crippen molar-refractivity contribution in [3.8, 4) is 0 Å². The van der Waals surface area contributed by atoms with E-state index >= 15 is 0 Å². The van der Waals surface area contributed by atoms with E-state index in [4.69, 9.17) is 0 Å². The fraction of sp³-hybridized carbons (Fsp3) is 0.556. The molecule has 0 spiro atoms. The number of carbonyl (C=O) groups is 2. The Hall–Kier alpha value is -1.88. The fourth-order valence-electron chi connectivity index (χ4n) is 2.65. The Morgan fingerprint density at radius 1 is 1.26 bits per heavy atom. The predicted molar refractivity (Wildman–Crippen MR) is 92.5 cm³/mol. The number of amides is 2. The van der Waals surface area contributed by atoms with Crippen molar-refractivity contribution in [1.82, 2.24) is 10.6 Å². The van der Waals surface area contributed by atoms with Crippen LogP contribution in [0.2, 0.25) is 0 Å². The Bertz CT molecular complexity index is 520. The summed E-state index contributed by atoms with van der Waals surface area (Å²) in [5.41, 5.74) is 1.34. The van der Waals surface area contributed by atoms with E-state index < -0.39 is 0 Å². The van der Waals surface area contributed by atoms with Crippen molar-refractivity contribution >= 4 is 17.5 Å². The molecule has 1 fully saturated rings. The highest BCUT2D eigenvalue weighted by atomic mass is 16.2. The molecule has 0 saturated carbocycles. The molecule has 0 aliphatic carbocycles. The Morgan fingerprint density at radius 3 is 2.61 bits per heavy atom. The van der Waals surface area contributed by atoms with Crippen molar-refractivity contribution in [3.63, 3.8) is 0 Å². The largest absolute Gasteiger partial charge is 0.352 e. The summed E-state index contributed by atoms with van der Waals surface area (Å²) in [6.07, 6.45) is 3.48. The third kappa shape index (κ3) is 5.67. The molecule has 2 rings (SSSR count). The Kier molecular flexibility index (Phi) is 6.59. The summed E-state index contributed by atoms with van der Waals surface area (Å²) >= 11 is 0. The van der Waals surface area contributed by atoms with E-state index in [1.165, 1.54) is 12.8 Å². The van der Waals surface area contributed by atoms with E-state index in [2.05, 4.69) is 16.0 Å². The molecular formula is C18H27N3O2. The molecule has 1 saturated heterocycles. The van der Waals surface area contributed by atoms with Gasteiger partial charge in [0, 0.05) is 23.7 Å². The van der Waals surface area contributed by atoms with Crippen molar-refractivity contribution < 1.29 is 9.59 Å². The highest BCUT2D eigenvalue weighted by Crippen LogP contribution is 2.14. The van der Waals surface area contributed by atoms with Gasteiger partial charge in [-0.25, -0.2) is 0 Å². The van der Waals surface area contributed by atoms with Gasteiger partial charge >= 0.3 is 0 Å². The number of rotatable bonds is 6. The molecule has 0 radical (unpaired) electrons. The summed E-state index contributed by atoms with van der Waals surface area (Å²) in [5.74, 6) is 0.517. The van der Waals surface area contributed by atoms with Gasteiger partial charge in [-0.05, 0) is 62.5 Å². The molecule has 23 heavy (non-hydrogen) atoms. The topological polar surface area (TPSA) is 70.2 Å². The second-order valence-corrected chi connectivity index (χ2v) is 6.48. The zero-order chi connectivity index (χ0) is 16.7. The quantitative estimate of drug-likeness (QED) is 0.754. The van der Waals surface area contributed by atoms with Crippen LogP contribution >= 0.6 is 0 Å². The molecule has 1 aliphatic heterocycles. The summed E-state index contributed by atoms with van der Waals surface area (Å²) < 4.78 is 0. The highest BCUT2D eigenvalue weighted by Gasteiger charge is 2.13. The van der Waals surface area contributed by atoms with Gasteiger partial charge in [0.15, 0.2) is 0 Å². The van der Waals surface area contributed by atoms with Crippen molar-refractivity contribution in [2.75, 3.05) is 25.0 Å². The molecule has 1 unspecified atom stereocenters. The lowest BCUT2D eigenvalue weighted by molar-refractivity contribution is -0.118. The number of nitrogens with one attached hydrogen (secondary N) is 3. The van der Waals surface area contributed by atoms with Gasteiger partial charge in [0.1, 0.15) is 0 Å². The summed E-state index contributed by atoms with van der Waals surface area (Å²) in [5, 5.41) is 9.17. The van der Waals surface area contributed by atoms with Crippen molar-refractivity contribution in [3.05, 3.63) is 29.8 Å². The van der Waals surface area contributed by atoms with Gasteiger partial charge in [0.25, 0.3) is 5.91 Å². The van der Waals surface area contributed by atoms with Crippen LogP contribution in [0.3, 0.4) is 0 Å². The number of hydrogen-bond donors (Lipinski definition) is 3. The van der Waals surface area contributed by atoms with Crippen LogP contribution in [0.5, 0.6) is 0 Å². The van der Waals surface area contributed by atoms with Crippen molar-refractivity contribution in [2.45, 2.75) is 33.1 Å². The average Bonchev–Trinajstić information content (AvgIpc) is 2.56. The van der Waals surface area contributed by atoms with Crippen LogP contribution in [0.1, 0.15) is 43.5 Å². The lowest BCUT2D eigenvalue weighted by Crippen LogP contribution is -2.33. The Labute approximate surface area is 138 Å². The monoisotopic (exact) mass is 317 g/mol. The lowest BCUT2D eigenvalue weighted by atomic mass is 9.96. The van der Waals surface area contributed by atoms with E-state index in [1.54, 1.807) is 24.3 Å². The molecule has 3 N–H and O–H groups in total. The normalized spacial score (nSPS) is 17.8. The van der Waals surface area contributed by atoms with Gasteiger partial charge in [0.2, 0.25) is 5.91 Å². The zero-order valence-corrected chi connectivity index (χ0v) is 14.0. The lowest BCUT2D eigenvalue weighted by Gasteiger charge is -2.22. The molecule has 0 bridgehead atoms. The number of benzene rings is 1. The molecule has 5 nitrogen and oxygen atoms in total. The first-order valence-corrected chi connectivity index (χ1v) is 8.46. The van der Waals surface area contributed by atoms with Gasteiger partial charge in [-0.3, -0.25) is 9.59 Å². The molecule has 1 aromatic carbocycles. The Balaban J connectivity index is 1.77. The predicted octanol–water partition coefficient (Wildman–Crippen LogP) is 2.40. The number of hydrogen-bond acceptors (Lipinski definition) is 3. The second-order valence-electron chi connectivity index (χ2n) is 6.48. The van der Waals surface area contributed by atoms with Crippen LogP contribution in [-0.2, 0) is 4.79 Å².